The maximum Gasteiger partial charge on any atom is 0.335 e. The number of hydrogen-bond donors (Lipinski definition) is 2. The van der Waals surface area contributed by atoms with Crippen LogP contribution in [0.1, 0.15) is 29.9 Å². The molecule has 16 heavy (non-hydrogen) atoms. The van der Waals surface area contributed by atoms with Crippen LogP contribution in [0.4, 0.5) is 5.82 Å². The van der Waals surface area contributed by atoms with Gasteiger partial charge < -0.3 is 10.4 Å². The van der Waals surface area contributed by atoms with Crippen LogP contribution in [0.5, 0.6) is 0 Å². The lowest BCUT2D eigenvalue weighted by Gasteiger charge is -2.08. The molecular formula is C12H16N2O2. The maximum atomic E-state index is 10.9. The molecule has 0 spiro atoms. The smallest absolute Gasteiger partial charge is 0.335 e. The van der Waals surface area contributed by atoms with Crippen molar-refractivity contribution in [2.45, 2.75) is 20.3 Å². The highest BCUT2D eigenvalue weighted by molar-refractivity contribution is 5.88. The Kier molecular flexibility index (Phi) is 4.05. The predicted octanol–water partition coefficient (Wildman–Crippen LogP) is 2.33. The fraction of sp³-hybridized carbons (Fsp3) is 0.333. The molecule has 1 aromatic heterocycles. The number of pyridine rings is 1. The van der Waals surface area contributed by atoms with Crippen molar-refractivity contribution < 1.29 is 9.90 Å². The first-order valence-corrected chi connectivity index (χ1v) is 5.15. The third kappa shape index (κ3) is 3.38. The minimum absolute atomic E-state index is 0.260. The van der Waals surface area contributed by atoms with Gasteiger partial charge in [0.1, 0.15) is 5.82 Å². The van der Waals surface area contributed by atoms with Gasteiger partial charge in [-0.1, -0.05) is 19.1 Å². The molecule has 0 bridgehead atoms. The molecule has 1 rings (SSSR count). The summed E-state index contributed by atoms with van der Waals surface area (Å²) in [5.74, 6) is -0.352. The molecule has 0 aliphatic heterocycles. The third-order valence-electron chi connectivity index (χ3n) is 2.06. The molecule has 0 radical (unpaired) electrons. The van der Waals surface area contributed by atoms with E-state index in [2.05, 4.69) is 16.9 Å². The molecular weight excluding hydrogens is 204 g/mol. The monoisotopic (exact) mass is 220 g/mol. The van der Waals surface area contributed by atoms with Crippen molar-refractivity contribution in [1.29, 1.82) is 0 Å². The van der Waals surface area contributed by atoms with Gasteiger partial charge in [-0.05, 0) is 25.5 Å². The van der Waals surface area contributed by atoms with Crippen LogP contribution in [-0.2, 0) is 6.42 Å². The third-order valence-corrected chi connectivity index (χ3v) is 2.06. The first-order chi connectivity index (χ1) is 7.52. The van der Waals surface area contributed by atoms with Crippen molar-refractivity contribution in [3.8, 4) is 0 Å². The summed E-state index contributed by atoms with van der Waals surface area (Å²) in [6.07, 6.45) is 0.711. The number of aryl methyl sites for hydroxylation is 1. The van der Waals surface area contributed by atoms with Gasteiger partial charge in [-0.2, -0.15) is 0 Å². The molecule has 0 saturated carbocycles. The number of hydrogen-bond acceptors (Lipinski definition) is 3. The normalized spacial score (nSPS) is 9.88. The summed E-state index contributed by atoms with van der Waals surface area (Å²) in [6, 6.07) is 3.12. The number of carboxylic acids is 1. The Morgan fingerprint density at radius 1 is 1.56 bits per heavy atom. The number of anilines is 1. The quantitative estimate of drug-likeness (QED) is 0.747. The molecule has 4 heteroatoms. The molecule has 0 fully saturated rings. The summed E-state index contributed by atoms with van der Waals surface area (Å²) in [7, 11) is 0. The molecule has 0 aliphatic rings. The number of rotatable bonds is 5. The standard InChI is InChI=1S/C12H16N2O2/c1-4-10-5-9(12(15)16)6-11(14-10)13-7-8(2)3/h5-6H,2,4,7H2,1,3H3,(H,13,14)(H,15,16). The molecule has 86 valence electrons. The van der Waals surface area contributed by atoms with Crippen LogP contribution in [0.15, 0.2) is 24.3 Å². The fourth-order valence-electron chi connectivity index (χ4n) is 1.22. The minimum atomic E-state index is -0.935. The first kappa shape index (κ1) is 12.2. The van der Waals surface area contributed by atoms with E-state index in [-0.39, 0.29) is 5.56 Å². The Morgan fingerprint density at radius 3 is 2.75 bits per heavy atom. The Morgan fingerprint density at radius 2 is 2.25 bits per heavy atom. The minimum Gasteiger partial charge on any atom is -0.478 e. The van der Waals surface area contributed by atoms with E-state index in [9.17, 15) is 4.79 Å². The first-order valence-electron chi connectivity index (χ1n) is 5.15. The molecule has 0 unspecified atom stereocenters. The summed E-state index contributed by atoms with van der Waals surface area (Å²) < 4.78 is 0. The van der Waals surface area contributed by atoms with Gasteiger partial charge in [0.05, 0.1) is 5.56 Å². The molecule has 0 aromatic carbocycles. The lowest BCUT2D eigenvalue weighted by atomic mass is 10.2. The van der Waals surface area contributed by atoms with E-state index in [0.717, 1.165) is 11.3 Å². The van der Waals surface area contributed by atoms with Gasteiger partial charge in [0, 0.05) is 12.2 Å². The summed E-state index contributed by atoms with van der Waals surface area (Å²) in [5.41, 5.74) is 2.00. The lowest BCUT2D eigenvalue weighted by molar-refractivity contribution is 0.0696. The van der Waals surface area contributed by atoms with Gasteiger partial charge in [0.2, 0.25) is 0 Å². The number of aromatic carboxylic acids is 1. The second-order valence-corrected chi connectivity index (χ2v) is 3.70. The van der Waals surface area contributed by atoms with E-state index in [1.165, 1.54) is 6.07 Å². The molecule has 2 N–H and O–H groups in total. The van der Waals surface area contributed by atoms with Crippen LogP contribution in [-0.4, -0.2) is 22.6 Å². The molecule has 0 amide bonds. The number of carbonyl (C=O) groups is 1. The van der Waals surface area contributed by atoms with Crippen molar-refractivity contribution >= 4 is 11.8 Å². The van der Waals surface area contributed by atoms with E-state index < -0.39 is 5.97 Å². The highest BCUT2D eigenvalue weighted by Gasteiger charge is 2.07. The summed E-state index contributed by atoms with van der Waals surface area (Å²) in [5, 5.41) is 12.0. The van der Waals surface area contributed by atoms with Crippen LogP contribution in [0.2, 0.25) is 0 Å². The second-order valence-electron chi connectivity index (χ2n) is 3.70. The highest BCUT2D eigenvalue weighted by atomic mass is 16.4. The fourth-order valence-corrected chi connectivity index (χ4v) is 1.22. The number of aromatic nitrogens is 1. The van der Waals surface area contributed by atoms with Gasteiger partial charge in [-0.25, -0.2) is 9.78 Å². The Labute approximate surface area is 95.0 Å². The molecule has 1 aromatic rings. The van der Waals surface area contributed by atoms with Crippen LogP contribution in [0.3, 0.4) is 0 Å². The van der Waals surface area contributed by atoms with Gasteiger partial charge >= 0.3 is 5.97 Å². The lowest BCUT2D eigenvalue weighted by Crippen LogP contribution is -2.07. The zero-order valence-electron chi connectivity index (χ0n) is 9.58. The SMILES string of the molecule is C=C(C)CNc1cc(C(=O)O)cc(CC)n1. The second kappa shape index (κ2) is 5.30. The zero-order valence-corrected chi connectivity index (χ0v) is 9.58. The number of nitrogens with one attached hydrogen (secondary N) is 1. The van der Waals surface area contributed by atoms with Crippen molar-refractivity contribution in [2.75, 3.05) is 11.9 Å². The Hall–Kier alpha value is -1.84. The van der Waals surface area contributed by atoms with Gasteiger partial charge in [0.15, 0.2) is 0 Å². The maximum absolute atomic E-state index is 10.9. The summed E-state index contributed by atoms with van der Waals surface area (Å²) >= 11 is 0. The largest absolute Gasteiger partial charge is 0.478 e. The summed E-state index contributed by atoms with van der Waals surface area (Å²) in [6.45, 7) is 8.20. The average Bonchev–Trinajstić information content (AvgIpc) is 2.25. The summed E-state index contributed by atoms with van der Waals surface area (Å²) in [4.78, 5) is 15.2. The van der Waals surface area contributed by atoms with Gasteiger partial charge in [-0.3, -0.25) is 0 Å². The molecule has 0 aliphatic carbocycles. The molecule has 0 atom stereocenters. The number of carboxylic acid groups (broad SMARTS) is 1. The van der Waals surface area contributed by atoms with Crippen LogP contribution in [0, 0.1) is 0 Å². The van der Waals surface area contributed by atoms with Crippen molar-refractivity contribution in [2.24, 2.45) is 0 Å². The van der Waals surface area contributed by atoms with E-state index in [4.69, 9.17) is 5.11 Å². The van der Waals surface area contributed by atoms with E-state index in [0.29, 0.717) is 18.8 Å². The van der Waals surface area contributed by atoms with Gasteiger partial charge in [0.25, 0.3) is 0 Å². The average molecular weight is 220 g/mol. The van der Waals surface area contributed by atoms with Gasteiger partial charge in [-0.15, -0.1) is 0 Å². The Balaban J connectivity index is 2.95. The molecule has 0 saturated heterocycles. The van der Waals surface area contributed by atoms with Crippen molar-refractivity contribution in [3.63, 3.8) is 0 Å². The predicted molar refractivity (Wildman–Crippen MR) is 63.9 cm³/mol. The van der Waals surface area contributed by atoms with Crippen LogP contribution < -0.4 is 5.32 Å². The van der Waals surface area contributed by atoms with Crippen molar-refractivity contribution in [3.05, 3.63) is 35.5 Å². The van der Waals surface area contributed by atoms with Crippen molar-refractivity contribution in [1.82, 2.24) is 4.98 Å². The molecule has 1 heterocycles. The molecule has 4 nitrogen and oxygen atoms in total. The zero-order chi connectivity index (χ0) is 12.1. The van der Waals surface area contributed by atoms with E-state index >= 15 is 0 Å². The topological polar surface area (TPSA) is 62.2 Å². The van der Waals surface area contributed by atoms with E-state index in [1.54, 1.807) is 6.07 Å². The van der Waals surface area contributed by atoms with E-state index in [1.807, 2.05) is 13.8 Å². The number of nitrogens with zero attached hydrogens (tertiary/aromatic N) is 1. The van der Waals surface area contributed by atoms with Crippen LogP contribution in [0.25, 0.3) is 0 Å². The highest BCUT2D eigenvalue weighted by Crippen LogP contribution is 2.11. The van der Waals surface area contributed by atoms with Crippen LogP contribution >= 0.6 is 0 Å². The Bertz CT molecular complexity index is 413.